The Balaban J connectivity index is 2.46. The van der Waals surface area contributed by atoms with Gasteiger partial charge in [0.25, 0.3) is 0 Å². The van der Waals surface area contributed by atoms with E-state index < -0.39 is 23.3 Å². The van der Waals surface area contributed by atoms with Gasteiger partial charge >= 0.3 is 6.18 Å². The first-order chi connectivity index (χ1) is 10.7. The average Bonchev–Trinajstić information content (AvgIpc) is 2.92. The maximum absolute atomic E-state index is 12.7. The average molecular weight is 341 g/mol. The highest BCUT2D eigenvalue weighted by Gasteiger charge is 2.31. The number of furan rings is 1. The van der Waals surface area contributed by atoms with Gasteiger partial charge in [-0.3, -0.25) is 0 Å². The standard InChI is InChI=1S/C15H7ClF3NO3/c16-12-3-1-9(15(17,18)19)6-11(12)13-4-2-10(23-13)5-8(7-20)14(21)22/h1-6H,(H,21,22)/p-1/b8-5-. The third-order valence-corrected chi connectivity index (χ3v) is 3.14. The number of benzene rings is 1. The smallest absolute Gasteiger partial charge is 0.416 e. The zero-order chi connectivity index (χ0) is 17.2. The number of carboxylic acids is 1. The van der Waals surface area contributed by atoms with Crippen molar-refractivity contribution in [3.05, 3.63) is 52.3 Å². The molecule has 0 aliphatic rings. The zero-order valence-electron chi connectivity index (χ0n) is 11.1. The molecular formula is C15H6ClF3NO3-. The van der Waals surface area contributed by atoms with Crippen LogP contribution in [0.25, 0.3) is 17.4 Å². The van der Waals surface area contributed by atoms with Crippen LogP contribution >= 0.6 is 11.6 Å². The zero-order valence-corrected chi connectivity index (χ0v) is 11.9. The molecule has 0 saturated carbocycles. The van der Waals surface area contributed by atoms with E-state index in [0.717, 1.165) is 24.3 Å². The van der Waals surface area contributed by atoms with Crippen LogP contribution in [-0.2, 0) is 11.0 Å². The largest absolute Gasteiger partial charge is 0.544 e. The Morgan fingerprint density at radius 2 is 2.00 bits per heavy atom. The van der Waals surface area contributed by atoms with Gasteiger partial charge in [0.2, 0.25) is 0 Å². The molecule has 2 aromatic rings. The van der Waals surface area contributed by atoms with Crippen LogP contribution in [-0.4, -0.2) is 5.97 Å². The first kappa shape index (κ1) is 16.6. The van der Waals surface area contributed by atoms with Gasteiger partial charge in [-0.05, 0) is 30.3 Å². The molecule has 4 nitrogen and oxygen atoms in total. The predicted molar refractivity (Wildman–Crippen MR) is 72.8 cm³/mol. The van der Waals surface area contributed by atoms with E-state index >= 15 is 0 Å². The molecule has 0 bridgehead atoms. The quantitative estimate of drug-likeness (QED) is 0.634. The Labute approximate surface area is 133 Å². The molecule has 1 heterocycles. The number of carbonyl (C=O) groups excluding carboxylic acids is 1. The van der Waals surface area contributed by atoms with Crippen molar-refractivity contribution in [1.82, 2.24) is 0 Å². The highest BCUT2D eigenvalue weighted by molar-refractivity contribution is 6.33. The molecule has 1 aromatic carbocycles. The molecule has 0 unspecified atom stereocenters. The van der Waals surface area contributed by atoms with Gasteiger partial charge in [0.15, 0.2) is 0 Å². The molecule has 0 spiro atoms. The number of carbonyl (C=O) groups is 1. The minimum absolute atomic E-state index is 0.00277. The van der Waals surface area contributed by atoms with Crippen LogP contribution in [0.3, 0.4) is 0 Å². The van der Waals surface area contributed by atoms with Crippen molar-refractivity contribution in [3.8, 4) is 17.4 Å². The van der Waals surface area contributed by atoms with Gasteiger partial charge in [0, 0.05) is 11.6 Å². The lowest BCUT2D eigenvalue weighted by Crippen LogP contribution is -2.23. The fourth-order valence-electron chi connectivity index (χ4n) is 1.74. The molecule has 1 aromatic heterocycles. The summed E-state index contributed by atoms with van der Waals surface area (Å²) in [6.07, 6.45) is -3.64. The molecule has 0 saturated heterocycles. The number of hydrogen-bond donors (Lipinski definition) is 0. The third kappa shape index (κ3) is 3.73. The second kappa shape index (κ2) is 6.18. The number of hydrogen-bond acceptors (Lipinski definition) is 4. The second-order valence-electron chi connectivity index (χ2n) is 4.35. The number of rotatable bonds is 3. The van der Waals surface area contributed by atoms with E-state index in [1.54, 1.807) is 0 Å². The van der Waals surface area contributed by atoms with Crippen molar-refractivity contribution in [3.63, 3.8) is 0 Å². The van der Waals surface area contributed by atoms with Gasteiger partial charge in [0.1, 0.15) is 17.6 Å². The van der Waals surface area contributed by atoms with Crippen LogP contribution in [0.15, 0.2) is 40.3 Å². The summed E-state index contributed by atoms with van der Waals surface area (Å²) < 4.78 is 43.4. The number of carboxylic acid groups (broad SMARTS) is 1. The van der Waals surface area contributed by atoms with Gasteiger partial charge in [0.05, 0.1) is 22.1 Å². The van der Waals surface area contributed by atoms with Crippen LogP contribution in [0.2, 0.25) is 5.02 Å². The summed E-state index contributed by atoms with van der Waals surface area (Å²) in [5, 5.41) is 19.3. The lowest BCUT2D eigenvalue weighted by atomic mass is 10.1. The third-order valence-electron chi connectivity index (χ3n) is 2.81. The van der Waals surface area contributed by atoms with Gasteiger partial charge < -0.3 is 14.3 Å². The first-order valence-electron chi connectivity index (χ1n) is 6.02. The minimum atomic E-state index is -4.54. The summed E-state index contributed by atoms with van der Waals surface area (Å²) in [6.45, 7) is 0. The van der Waals surface area contributed by atoms with Gasteiger partial charge in [-0.15, -0.1) is 0 Å². The first-order valence-corrected chi connectivity index (χ1v) is 6.40. The number of alkyl halides is 3. The fourth-order valence-corrected chi connectivity index (χ4v) is 1.96. The van der Waals surface area contributed by atoms with Crippen molar-refractivity contribution in [2.24, 2.45) is 0 Å². The summed E-state index contributed by atoms with van der Waals surface area (Å²) in [5.74, 6) is -1.72. The lowest BCUT2D eigenvalue weighted by molar-refractivity contribution is -0.298. The Hall–Kier alpha value is -2.72. The second-order valence-corrected chi connectivity index (χ2v) is 4.76. The Morgan fingerprint density at radius 1 is 1.30 bits per heavy atom. The van der Waals surface area contributed by atoms with E-state index in [0.29, 0.717) is 0 Å². The van der Waals surface area contributed by atoms with Crippen LogP contribution in [0, 0.1) is 11.3 Å². The van der Waals surface area contributed by atoms with Crippen molar-refractivity contribution in [2.45, 2.75) is 6.18 Å². The lowest BCUT2D eigenvalue weighted by Gasteiger charge is -2.09. The van der Waals surface area contributed by atoms with Crippen molar-refractivity contribution in [2.75, 3.05) is 0 Å². The Bertz CT molecular complexity index is 831. The van der Waals surface area contributed by atoms with Crippen molar-refractivity contribution in [1.29, 1.82) is 5.26 Å². The van der Waals surface area contributed by atoms with Crippen LogP contribution in [0.4, 0.5) is 13.2 Å². The highest BCUT2D eigenvalue weighted by Crippen LogP contribution is 2.36. The molecule has 0 fully saturated rings. The predicted octanol–water partition coefficient (Wildman–Crippen LogP) is 3.28. The number of nitriles is 1. The maximum Gasteiger partial charge on any atom is 0.416 e. The van der Waals surface area contributed by atoms with E-state index in [9.17, 15) is 23.1 Å². The molecular weight excluding hydrogens is 335 g/mol. The van der Waals surface area contributed by atoms with Crippen molar-refractivity contribution < 1.29 is 27.5 Å². The summed E-state index contributed by atoms with van der Waals surface area (Å²) in [7, 11) is 0. The number of nitrogens with zero attached hydrogens (tertiary/aromatic N) is 1. The van der Waals surface area contributed by atoms with Crippen LogP contribution in [0.1, 0.15) is 11.3 Å². The monoisotopic (exact) mass is 340 g/mol. The van der Waals surface area contributed by atoms with Gasteiger partial charge in [-0.2, -0.15) is 18.4 Å². The molecule has 0 atom stereocenters. The SMILES string of the molecule is N#C/C(=C/c1ccc(-c2cc(C(F)(F)F)ccc2Cl)o1)C(=O)[O-]. The van der Waals surface area contributed by atoms with E-state index in [4.69, 9.17) is 21.3 Å². The van der Waals surface area contributed by atoms with Crippen LogP contribution in [0.5, 0.6) is 0 Å². The Morgan fingerprint density at radius 3 is 2.57 bits per heavy atom. The molecule has 8 heteroatoms. The molecule has 23 heavy (non-hydrogen) atoms. The number of aliphatic carboxylic acids is 1. The summed E-state index contributed by atoms with van der Waals surface area (Å²) in [6, 6.07) is 6.75. The highest BCUT2D eigenvalue weighted by atomic mass is 35.5. The summed E-state index contributed by atoms with van der Waals surface area (Å²) in [5.41, 5.74) is -1.59. The molecule has 2 rings (SSSR count). The topological polar surface area (TPSA) is 77.1 Å². The van der Waals surface area contributed by atoms with E-state index in [2.05, 4.69) is 0 Å². The van der Waals surface area contributed by atoms with E-state index in [1.807, 2.05) is 0 Å². The van der Waals surface area contributed by atoms with Crippen molar-refractivity contribution >= 4 is 23.6 Å². The molecule has 0 amide bonds. The van der Waals surface area contributed by atoms with Crippen LogP contribution < -0.4 is 5.11 Å². The van der Waals surface area contributed by atoms with Gasteiger partial charge in [-0.1, -0.05) is 11.6 Å². The molecule has 0 radical (unpaired) electrons. The maximum atomic E-state index is 12.7. The van der Waals surface area contributed by atoms with E-state index in [-0.39, 0.29) is 22.1 Å². The number of halogens is 4. The van der Waals surface area contributed by atoms with Gasteiger partial charge in [-0.25, -0.2) is 0 Å². The Kier molecular flexibility index (Phi) is 4.48. The summed E-state index contributed by atoms with van der Waals surface area (Å²) >= 11 is 5.87. The minimum Gasteiger partial charge on any atom is -0.544 e. The van der Waals surface area contributed by atoms with E-state index in [1.165, 1.54) is 18.2 Å². The molecule has 0 aliphatic carbocycles. The normalized spacial score (nSPS) is 12.0. The molecule has 118 valence electrons. The fraction of sp³-hybridized carbons (Fsp3) is 0.0667. The molecule has 0 N–H and O–H groups in total. The summed E-state index contributed by atoms with van der Waals surface area (Å²) in [4.78, 5) is 10.6. The molecule has 0 aliphatic heterocycles.